The number of H-pyrrole nitrogens is 1. The molecule has 1 aliphatic rings. The van der Waals surface area contributed by atoms with Gasteiger partial charge in [0.15, 0.2) is 0 Å². The Balaban J connectivity index is 1.48. The largest absolute Gasteiger partial charge is 0.423 e. The van der Waals surface area contributed by atoms with Gasteiger partial charge in [0.25, 0.3) is 0 Å². The van der Waals surface area contributed by atoms with E-state index in [1.807, 2.05) is 30.3 Å². The van der Waals surface area contributed by atoms with E-state index in [9.17, 15) is 10.1 Å². The molecule has 0 amide bonds. The van der Waals surface area contributed by atoms with Crippen molar-refractivity contribution in [3.8, 4) is 29.0 Å². The lowest BCUT2D eigenvalue weighted by Gasteiger charge is -2.24. The monoisotopic (exact) mass is 490 g/mol. The molecule has 0 aliphatic carbocycles. The minimum atomic E-state index is -0.503. The maximum atomic E-state index is 12.4. The highest BCUT2D eigenvalue weighted by molar-refractivity contribution is 5.91. The summed E-state index contributed by atoms with van der Waals surface area (Å²) in [5.74, 6) is 0.365. The third kappa shape index (κ3) is 4.82. The molecule has 0 saturated carbocycles. The van der Waals surface area contributed by atoms with Crippen molar-refractivity contribution in [3.63, 3.8) is 0 Å². The minimum absolute atomic E-state index is 0.0184. The topological polar surface area (TPSA) is 114 Å². The molecule has 3 aromatic carbocycles. The Morgan fingerprint density at radius 1 is 1.08 bits per heavy atom. The van der Waals surface area contributed by atoms with Crippen LogP contribution in [0.2, 0.25) is 0 Å². The summed E-state index contributed by atoms with van der Waals surface area (Å²) in [6.07, 6.45) is 0.992. The number of benzene rings is 3. The van der Waals surface area contributed by atoms with Crippen LogP contribution in [-0.2, 0) is 6.42 Å². The van der Waals surface area contributed by atoms with E-state index in [-0.39, 0.29) is 5.88 Å². The first-order chi connectivity index (χ1) is 17.9. The number of fused-ring (bicyclic) bond motifs is 1. The molecule has 1 aromatic heterocycles. The fraction of sp³-hybridized carbons (Fsp3) is 0.167. The van der Waals surface area contributed by atoms with Gasteiger partial charge in [0, 0.05) is 5.56 Å². The molecular weight excluding hydrogens is 464 g/mol. The summed E-state index contributed by atoms with van der Waals surface area (Å²) in [6.45, 7) is 4.38. The molecule has 7 nitrogen and oxygen atoms in total. The van der Waals surface area contributed by atoms with Crippen LogP contribution in [0.15, 0.2) is 90.3 Å². The predicted octanol–water partition coefficient (Wildman–Crippen LogP) is 5.71. The molecule has 0 spiro atoms. The van der Waals surface area contributed by atoms with Gasteiger partial charge in [0.05, 0.1) is 22.7 Å². The molecule has 5 rings (SSSR count). The number of esters is 1. The Morgan fingerprint density at radius 3 is 2.43 bits per heavy atom. The normalized spacial score (nSPS) is 14.6. The van der Waals surface area contributed by atoms with Crippen molar-refractivity contribution in [3.05, 3.63) is 113 Å². The Kier molecular flexibility index (Phi) is 6.48. The van der Waals surface area contributed by atoms with Crippen LogP contribution in [0.4, 0.5) is 0 Å². The van der Waals surface area contributed by atoms with Crippen LogP contribution in [0, 0.1) is 17.2 Å². The third-order valence-corrected chi connectivity index (χ3v) is 6.26. The minimum Gasteiger partial charge on any atom is -0.423 e. The van der Waals surface area contributed by atoms with Crippen molar-refractivity contribution in [2.45, 2.75) is 26.2 Å². The lowest BCUT2D eigenvalue weighted by atomic mass is 9.83. The van der Waals surface area contributed by atoms with Gasteiger partial charge in [-0.25, -0.2) is 4.79 Å². The Labute approximate surface area is 215 Å². The van der Waals surface area contributed by atoms with E-state index in [1.165, 1.54) is 5.56 Å². The van der Waals surface area contributed by atoms with E-state index in [4.69, 9.17) is 15.2 Å². The quantitative estimate of drug-likeness (QED) is 0.264. The fourth-order valence-electron chi connectivity index (χ4n) is 4.55. The van der Waals surface area contributed by atoms with Crippen LogP contribution in [0.1, 0.15) is 46.8 Å². The number of allylic oxidation sites excluding steroid dienone is 1. The van der Waals surface area contributed by atoms with Gasteiger partial charge < -0.3 is 15.2 Å². The first-order valence-corrected chi connectivity index (χ1v) is 12.1. The van der Waals surface area contributed by atoms with Crippen LogP contribution < -0.4 is 15.2 Å². The molecule has 7 heteroatoms. The molecule has 1 atom stereocenters. The number of hydrogen-bond acceptors (Lipinski definition) is 6. The van der Waals surface area contributed by atoms with Crippen LogP contribution in [0.3, 0.4) is 0 Å². The van der Waals surface area contributed by atoms with Crippen LogP contribution in [0.5, 0.6) is 11.6 Å². The summed E-state index contributed by atoms with van der Waals surface area (Å²) < 4.78 is 11.2. The van der Waals surface area contributed by atoms with E-state index in [2.05, 4.69) is 42.2 Å². The zero-order chi connectivity index (χ0) is 25.9. The van der Waals surface area contributed by atoms with E-state index in [0.717, 1.165) is 28.8 Å². The van der Waals surface area contributed by atoms with Crippen LogP contribution in [0.25, 0.3) is 11.3 Å². The van der Waals surface area contributed by atoms with E-state index in [0.29, 0.717) is 28.7 Å². The van der Waals surface area contributed by atoms with Crippen molar-refractivity contribution in [2.75, 3.05) is 0 Å². The lowest BCUT2D eigenvalue weighted by Crippen LogP contribution is -2.21. The third-order valence-electron chi connectivity index (χ3n) is 6.26. The molecule has 184 valence electrons. The van der Waals surface area contributed by atoms with Gasteiger partial charge in [-0.3, -0.25) is 5.10 Å². The summed E-state index contributed by atoms with van der Waals surface area (Å²) in [6, 6.07) is 26.4. The Bertz CT molecular complexity index is 1500. The van der Waals surface area contributed by atoms with E-state index < -0.39 is 11.9 Å². The average Bonchev–Trinajstić information content (AvgIpc) is 3.32. The highest BCUT2D eigenvalue weighted by Gasteiger charge is 2.35. The van der Waals surface area contributed by atoms with Crippen molar-refractivity contribution in [1.82, 2.24) is 10.2 Å². The number of hydrogen-bond donors (Lipinski definition) is 2. The molecule has 2 heterocycles. The highest BCUT2D eigenvalue weighted by Crippen LogP contribution is 2.45. The summed E-state index contributed by atoms with van der Waals surface area (Å²) in [5.41, 5.74) is 11.3. The number of nitrogens with two attached hydrogens (primary N) is 1. The number of ether oxygens (including phenoxy) is 2. The highest BCUT2D eigenvalue weighted by atomic mass is 16.5. The molecular formula is C30H26N4O3. The first kappa shape index (κ1) is 23.9. The lowest BCUT2D eigenvalue weighted by molar-refractivity contribution is 0.0734. The van der Waals surface area contributed by atoms with Gasteiger partial charge in [0.1, 0.15) is 17.4 Å². The van der Waals surface area contributed by atoms with Gasteiger partial charge >= 0.3 is 5.97 Å². The summed E-state index contributed by atoms with van der Waals surface area (Å²) in [7, 11) is 0. The van der Waals surface area contributed by atoms with Gasteiger partial charge in [-0.05, 0) is 47.7 Å². The summed E-state index contributed by atoms with van der Waals surface area (Å²) in [4.78, 5) is 12.4. The van der Waals surface area contributed by atoms with Gasteiger partial charge in [0.2, 0.25) is 11.8 Å². The average molecular weight is 491 g/mol. The van der Waals surface area contributed by atoms with Gasteiger partial charge in [-0.1, -0.05) is 68.4 Å². The van der Waals surface area contributed by atoms with Crippen molar-refractivity contribution in [2.24, 2.45) is 11.7 Å². The molecule has 3 N–H and O–H groups in total. The molecule has 1 unspecified atom stereocenters. The van der Waals surface area contributed by atoms with Crippen LogP contribution in [-0.4, -0.2) is 16.2 Å². The second-order valence-corrected chi connectivity index (χ2v) is 9.36. The Hall–Kier alpha value is -4.83. The summed E-state index contributed by atoms with van der Waals surface area (Å²) in [5, 5.41) is 17.4. The zero-order valence-corrected chi connectivity index (χ0v) is 20.6. The fourth-order valence-corrected chi connectivity index (χ4v) is 4.55. The van der Waals surface area contributed by atoms with E-state index >= 15 is 0 Å². The number of carbonyl (C=O) groups is 1. The number of rotatable bonds is 6. The number of carbonyl (C=O) groups excluding carboxylic acids is 1. The molecule has 0 radical (unpaired) electrons. The maximum absolute atomic E-state index is 12.4. The first-order valence-electron chi connectivity index (χ1n) is 12.1. The number of nitrogens with zero attached hydrogens (tertiary/aromatic N) is 2. The van der Waals surface area contributed by atoms with Crippen molar-refractivity contribution < 1.29 is 14.3 Å². The molecule has 1 aliphatic heterocycles. The number of aromatic amines is 1. The molecule has 37 heavy (non-hydrogen) atoms. The standard InChI is InChI=1S/C30H26N4O3/c1-18(2)16-19-8-10-21(11-9-19)27-26-25(24(17-31)28(32)37-29(26)34-33-27)20-12-14-23(15-13-20)36-30(35)22-6-4-3-5-7-22/h3-15,18,25H,16,32H2,1-2H3,(H,33,34). The molecule has 0 fully saturated rings. The van der Waals surface area contributed by atoms with Crippen molar-refractivity contribution >= 4 is 5.97 Å². The molecule has 0 bridgehead atoms. The summed E-state index contributed by atoms with van der Waals surface area (Å²) >= 11 is 0. The zero-order valence-electron chi connectivity index (χ0n) is 20.6. The van der Waals surface area contributed by atoms with Gasteiger partial charge in [-0.2, -0.15) is 5.26 Å². The second kappa shape index (κ2) is 10.0. The van der Waals surface area contributed by atoms with Crippen LogP contribution >= 0.6 is 0 Å². The molecule has 4 aromatic rings. The maximum Gasteiger partial charge on any atom is 0.343 e. The SMILES string of the molecule is CC(C)Cc1ccc(-c2[nH]nc3c2C(c2ccc(OC(=O)c4ccccc4)cc2)C(C#N)=C(N)O3)cc1. The number of nitriles is 1. The number of aromatic nitrogens is 2. The predicted molar refractivity (Wildman–Crippen MR) is 140 cm³/mol. The number of nitrogens with one attached hydrogen (secondary N) is 1. The van der Waals surface area contributed by atoms with E-state index in [1.54, 1.807) is 36.4 Å². The smallest absolute Gasteiger partial charge is 0.343 e. The second-order valence-electron chi connectivity index (χ2n) is 9.36. The van der Waals surface area contributed by atoms with Gasteiger partial charge in [-0.15, -0.1) is 5.10 Å². The Morgan fingerprint density at radius 2 is 1.78 bits per heavy atom. The van der Waals surface area contributed by atoms with Crippen molar-refractivity contribution in [1.29, 1.82) is 5.26 Å². The molecule has 0 saturated heterocycles.